The Kier molecular flexibility index (Phi) is 10.5. The van der Waals surface area contributed by atoms with Gasteiger partial charge >= 0.3 is 0 Å². The first-order valence-corrected chi connectivity index (χ1v) is 13.5. The summed E-state index contributed by atoms with van der Waals surface area (Å²) in [6.45, 7) is 9.81. The van der Waals surface area contributed by atoms with Crippen molar-refractivity contribution in [2.45, 2.75) is 72.3 Å². The summed E-state index contributed by atoms with van der Waals surface area (Å²) in [4.78, 5) is 34.2. The van der Waals surface area contributed by atoms with Crippen molar-refractivity contribution in [1.82, 2.24) is 15.2 Å². The van der Waals surface area contributed by atoms with Gasteiger partial charge in [-0.1, -0.05) is 102 Å². The molecule has 192 valence electrons. The van der Waals surface area contributed by atoms with E-state index in [0.29, 0.717) is 11.3 Å². The molecule has 0 fully saturated rings. The molecule has 3 aromatic rings. The minimum atomic E-state index is -0.587. The van der Waals surface area contributed by atoms with Gasteiger partial charge in [-0.25, -0.2) is 4.98 Å². The summed E-state index contributed by atoms with van der Waals surface area (Å²) in [5.41, 5.74) is 2.83. The monoisotopic (exact) mass is 487 g/mol. The van der Waals surface area contributed by atoms with E-state index >= 15 is 0 Å². The molecule has 0 bridgehead atoms. The van der Waals surface area contributed by atoms with Crippen LogP contribution >= 0.6 is 0 Å². The number of rotatable bonds is 13. The number of fused-ring (bicyclic) bond motifs is 1. The standard InChI is InChI=1S/C31H41N3O2/c1-5-7-14-20-34(21-15-8-6-2)31(36)28(23(3)4)33-30(35)26-22-25-18-12-13-19-27(25)32-29(26)24-16-10-9-11-17-24/h9-13,16-19,22-23,28H,5-8,14-15,20-21H2,1-4H3,(H,33,35)/t28-/m1/s1. The number of unbranched alkanes of at least 4 members (excludes halogenated alkanes) is 4. The lowest BCUT2D eigenvalue weighted by Crippen LogP contribution is -2.51. The van der Waals surface area contributed by atoms with Gasteiger partial charge in [-0.05, 0) is 30.9 Å². The first kappa shape index (κ1) is 27.4. The number of carbonyl (C=O) groups is 2. The third-order valence-electron chi connectivity index (χ3n) is 6.61. The number of para-hydroxylation sites is 1. The maximum Gasteiger partial charge on any atom is 0.254 e. The van der Waals surface area contributed by atoms with Gasteiger partial charge in [0.05, 0.1) is 16.8 Å². The smallest absolute Gasteiger partial charge is 0.254 e. The molecule has 0 spiro atoms. The normalized spacial score (nSPS) is 12.0. The summed E-state index contributed by atoms with van der Waals surface area (Å²) in [6.07, 6.45) is 6.38. The third-order valence-corrected chi connectivity index (χ3v) is 6.61. The molecule has 1 aromatic heterocycles. The molecule has 0 radical (unpaired) electrons. The van der Waals surface area contributed by atoms with E-state index in [2.05, 4.69) is 19.2 Å². The Morgan fingerprint density at radius 2 is 1.47 bits per heavy atom. The van der Waals surface area contributed by atoms with Crippen LogP contribution in [0.2, 0.25) is 0 Å². The van der Waals surface area contributed by atoms with Crippen LogP contribution in [0.3, 0.4) is 0 Å². The fourth-order valence-corrected chi connectivity index (χ4v) is 4.47. The molecule has 0 aliphatic heterocycles. The van der Waals surface area contributed by atoms with Crippen LogP contribution in [0.1, 0.15) is 76.6 Å². The van der Waals surface area contributed by atoms with E-state index in [-0.39, 0.29) is 17.7 Å². The molecule has 36 heavy (non-hydrogen) atoms. The van der Waals surface area contributed by atoms with Crippen LogP contribution in [-0.2, 0) is 4.79 Å². The third kappa shape index (κ3) is 7.16. The summed E-state index contributed by atoms with van der Waals surface area (Å²) in [5.74, 6) is -0.281. The van der Waals surface area contributed by atoms with Crippen LogP contribution in [0, 0.1) is 5.92 Å². The van der Waals surface area contributed by atoms with E-state index in [0.717, 1.165) is 68.1 Å². The van der Waals surface area contributed by atoms with Gasteiger partial charge in [-0.2, -0.15) is 0 Å². The number of hydrogen-bond donors (Lipinski definition) is 1. The summed E-state index contributed by atoms with van der Waals surface area (Å²) in [5, 5.41) is 4.00. The minimum Gasteiger partial charge on any atom is -0.341 e. The number of nitrogens with zero attached hydrogens (tertiary/aromatic N) is 2. The highest BCUT2D eigenvalue weighted by Crippen LogP contribution is 2.26. The van der Waals surface area contributed by atoms with Crippen LogP contribution < -0.4 is 5.32 Å². The highest BCUT2D eigenvalue weighted by atomic mass is 16.2. The molecule has 3 rings (SSSR count). The second kappa shape index (κ2) is 13.8. The zero-order valence-corrected chi connectivity index (χ0v) is 22.3. The quantitative estimate of drug-likeness (QED) is 0.268. The molecule has 1 N–H and O–H groups in total. The molecule has 0 unspecified atom stereocenters. The molecule has 0 aliphatic rings. The van der Waals surface area contributed by atoms with Crippen LogP contribution in [0.25, 0.3) is 22.2 Å². The SMILES string of the molecule is CCCCCN(CCCCC)C(=O)[C@H](NC(=O)c1cc2ccccc2nc1-c1ccccc1)C(C)C. The first-order chi connectivity index (χ1) is 17.5. The lowest BCUT2D eigenvalue weighted by molar-refractivity contribution is -0.134. The number of pyridine rings is 1. The van der Waals surface area contributed by atoms with Gasteiger partial charge in [-0.15, -0.1) is 0 Å². The van der Waals surface area contributed by atoms with Crippen molar-refractivity contribution < 1.29 is 9.59 Å². The number of carbonyl (C=O) groups excluding carboxylic acids is 2. The number of benzene rings is 2. The van der Waals surface area contributed by atoms with Crippen molar-refractivity contribution in [3.8, 4) is 11.3 Å². The van der Waals surface area contributed by atoms with Crippen molar-refractivity contribution in [3.63, 3.8) is 0 Å². The van der Waals surface area contributed by atoms with E-state index in [4.69, 9.17) is 4.98 Å². The van der Waals surface area contributed by atoms with Crippen molar-refractivity contribution in [3.05, 3.63) is 66.2 Å². The fraction of sp³-hybridized carbons (Fsp3) is 0.452. The molecule has 1 atom stereocenters. The molecule has 2 aromatic carbocycles. The zero-order valence-electron chi connectivity index (χ0n) is 22.3. The molecular weight excluding hydrogens is 446 g/mol. The van der Waals surface area contributed by atoms with E-state index < -0.39 is 6.04 Å². The Morgan fingerprint density at radius 1 is 0.861 bits per heavy atom. The topological polar surface area (TPSA) is 62.3 Å². The van der Waals surface area contributed by atoms with Gasteiger partial charge < -0.3 is 10.2 Å². The van der Waals surface area contributed by atoms with Crippen LogP contribution in [0.4, 0.5) is 0 Å². The van der Waals surface area contributed by atoms with E-state index in [1.165, 1.54) is 0 Å². The maximum absolute atomic E-state index is 13.7. The number of aromatic nitrogens is 1. The van der Waals surface area contributed by atoms with Gasteiger partial charge in [0.15, 0.2) is 0 Å². The van der Waals surface area contributed by atoms with Crippen LogP contribution in [0.15, 0.2) is 60.7 Å². The maximum atomic E-state index is 13.7. The van der Waals surface area contributed by atoms with Crippen LogP contribution in [-0.4, -0.2) is 40.8 Å². The van der Waals surface area contributed by atoms with Gasteiger partial charge in [0.2, 0.25) is 5.91 Å². The summed E-state index contributed by atoms with van der Waals surface area (Å²) in [7, 11) is 0. The molecule has 0 saturated heterocycles. The number of hydrogen-bond acceptors (Lipinski definition) is 3. The largest absolute Gasteiger partial charge is 0.341 e. The molecule has 5 nitrogen and oxygen atoms in total. The molecule has 1 heterocycles. The lowest BCUT2D eigenvalue weighted by atomic mass is 9.99. The second-order valence-corrected chi connectivity index (χ2v) is 9.88. The summed E-state index contributed by atoms with van der Waals surface area (Å²) >= 11 is 0. The van der Waals surface area contributed by atoms with Crippen molar-refractivity contribution in [2.75, 3.05) is 13.1 Å². The highest BCUT2D eigenvalue weighted by Gasteiger charge is 2.29. The van der Waals surface area contributed by atoms with Crippen molar-refractivity contribution in [2.24, 2.45) is 5.92 Å². The Hall–Kier alpha value is -3.21. The zero-order chi connectivity index (χ0) is 25.9. The predicted octanol–water partition coefficient (Wildman–Crippen LogP) is 6.87. The van der Waals surface area contributed by atoms with Gasteiger partial charge in [0.25, 0.3) is 5.91 Å². The average molecular weight is 488 g/mol. The van der Waals surface area contributed by atoms with Crippen molar-refractivity contribution in [1.29, 1.82) is 0 Å². The lowest BCUT2D eigenvalue weighted by Gasteiger charge is -2.30. The Bertz CT molecular complexity index is 1120. The Labute approximate surface area is 216 Å². The molecule has 0 saturated carbocycles. The van der Waals surface area contributed by atoms with Gasteiger partial charge in [-0.3, -0.25) is 9.59 Å². The number of nitrogens with one attached hydrogen (secondary N) is 1. The molecule has 5 heteroatoms. The van der Waals surface area contributed by atoms with E-state index in [1.54, 1.807) is 0 Å². The fourth-order valence-electron chi connectivity index (χ4n) is 4.47. The van der Waals surface area contributed by atoms with Gasteiger partial charge in [0.1, 0.15) is 6.04 Å². The predicted molar refractivity (Wildman–Crippen MR) is 149 cm³/mol. The van der Waals surface area contributed by atoms with Crippen molar-refractivity contribution >= 4 is 22.7 Å². The minimum absolute atomic E-state index is 0.0144. The first-order valence-electron chi connectivity index (χ1n) is 13.5. The molecule has 2 amide bonds. The summed E-state index contributed by atoms with van der Waals surface area (Å²) in [6, 6.07) is 18.9. The van der Waals surface area contributed by atoms with E-state index in [9.17, 15) is 9.59 Å². The van der Waals surface area contributed by atoms with Crippen LogP contribution in [0.5, 0.6) is 0 Å². The summed E-state index contributed by atoms with van der Waals surface area (Å²) < 4.78 is 0. The highest BCUT2D eigenvalue weighted by molar-refractivity contribution is 6.04. The van der Waals surface area contributed by atoms with Gasteiger partial charge in [0, 0.05) is 24.0 Å². The Balaban J connectivity index is 1.91. The Morgan fingerprint density at radius 3 is 2.08 bits per heavy atom. The molecular formula is C31H41N3O2. The molecule has 0 aliphatic carbocycles. The van der Waals surface area contributed by atoms with E-state index in [1.807, 2.05) is 79.4 Å². The second-order valence-electron chi connectivity index (χ2n) is 9.88. The number of amides is 2. The average Bonchev–Trinajstić information content (AvgIpc) is 2.90.